The molecule has 1 saturated heterocycles. The van der Waals surface area contributed by atoms with E-state index in [4.69, 9.17) is 4.74 Å². The van der Waals surface area contributed by atoms with E-state index in [1.54, 1.807) is 0 Å². The number of anilines is 1. The summed E-state index contributed by atoms with van der Waals surface area (Å²) in [5.74, 6) is -3.83. The number of nitrogens with zero attached hydrogens (tertiary/aromatic N) is 1. The van der Waals surface area contributed by atoms with Gasteiger partial charge in [-0.05, 0) is 43.2 Å². The number of ether oxygens (including phenoxy) is 1. The molecule has 1 fully saturated rings. The molecule has 3 rings (SSSR count). The van der Waals surface area contributed by atoms with Gasteiger partial charge in [0.1, 0.15) is 16.5 Å². The van der Waals surface area contributed by atoms with Crippen LogP contribution in [0.2, 0.25) is 0 Å². The predicted octanol–water partition coefficient (Wildman–Crippen LogP) is 2.64. The van der Waals surface area contributed by atoms with Gasteiger partial charge in [0.05, 0.1) is 11.3 Å². The second-order valence-electron chi connectivity index (χ2n) is 7.17. The van der Waals surface area contributed by atoms with Gasteiger partial charge in [0.2, 0.25) is 10.0 Å². The van der Waals surface area contributed by atoms with E-state index in [1.165, 1.54) is 18.2 Å². The van der Waals surface area contributed by atoms with Crippen LogP contribution < -0.4 is 10.6 Å². The standard InChI is InChI=1S/C21H21F2N3O6S/c22-15-6-2-3-7-17(15)24-21(29)25-19(27)13-32-20(28)14-8-9-16(23)18(12-14)33(30,31)26-10-4-1-5-11-26/h2-3,6-9,12H,1,4-5,10-11,13H2,(H2,24,25,27,29). The van der Waals surface area contributed by atoms with Crippen molar-refractivity contribution in [1.29, 1.82) is 0 Å². The zero-order valence-electron chi connectivity index (χ0n) is 17.3. The fourth-order valence-electron chi connectivity index (χ4n) is 3.17. The first-order valence-corrected chi connectivity index (χ1v) is 11.4. The van der Waals surface area contributed by atoms with Crippen molar-refractivity contribution in [1.82, 2.24) is 9.62 Å². The van der Waals surface area contributed by atoms with Gasteiger partial charge in [-0.15, -0.1) is 0 Å². The van der Waals surface area contributed by atoms with Crippen LogP contribution in [0.1, 0.15) is 29.6 Å². The highest BCUT2D eigenvalue weighted by Crippen LogP contribution is 2.24. The second kappa shape index (κ2) is 10.5. The molecule has 1 aliphatic rings. The molecular formula is C21H21F2N3O6S. The first-order valence-electron chi connectivity index (χ1n) is 10.0. The van der Waals surface area contributed by atoms with Gasteiger partial charge < -0.3 is 10.1 Å². The van der Waals surface area contributed by atoms with Gasteiger partial charge in [0.25, 0.3) is 5.91 Å². The maximum Gasteiger partial charge on any atom is 0.338 e. The first kappa shape index (κ1) is 24.3. The molecule has 0 atom stereocenters. The summed E-state index contributed by atoms with van der Waals surface area (Å²) in [6.45, 7) is -0.369. The maximum absolute atomic E-state index is 14.3. The number of carbonyl (C=O) groups is 3. The number of carbonyl (C=O) groups excluding carboxylic acids is 3. The van der Waals surface area contributed by atoms with Crippen LogP contribution in [0.25, 0.3) is 0 Å². The largest absolute Gasteiger partial charge is 0.452 e. The lowest BCUT2D eigenvalue weighted by molar-refractivity contribution is -0.123. The number of nitrogens with one attached hydrogen (secondary N) is 2. The third-order valence-corrected chi connectivity index (χ3v) is 6.72. The molecule has 0 saturated carbocycles. The topological polar surface area (TPSA) is 122 Å². The van der Waals surface area contributed by atoms with Crippen molar-refractivity contribution in [3.63, 3.8) is 0 Å². The number of para-hydroxylation sites is 1. The SMILES string of the molecule is O=C(COC(=O)c1ccc(F)c(S(=O)(=O)N2CCCCC2)c1)NC(=O)Nc1ccccc1F. The average Bonchev–Trinajstić information content (AvgIpc) is 2.79. The van der Waals surface area contributed by atoms with Gasteiger partial charge in [-0.3, -0.25) is 10.1 Å². The summed E-state index contributed by atoms with van der Waals surface area (Å²) in [5, 5.41) is 3.98. The Bertz CT molecular complexity index is 1170. The van der Waals surface area contributed by atoms with E-state index in [0.29, 0.717) is 12.8 Å². The van der Waals surface area contributed by atoms with Crippen LogP contribution in [0.5, 0.6) is 0 Å². The number of urea groups is 1. The Kier molecular flexibility index (Phi) is 7.71. The summed E-state index contributed by atoms with van der Waals surface area (Å²) >= 11 is 0. The van der Waals surface area contributed by atoms with Crippen LogP contribution in [0.3, 0.4) is 0 Å². The highest BCUT2D eigenvalue weighted by molar-refractivity contribution is 7.89. The van der Waals surface area contributed by atoms with E-state index >= 15 is 0 Å². The number of halogens is 2. The zero-order valence-corrected chi connectivity index (χ0v) is 18.2. The molecule has 3 amide bonds. The highest BCUT2D eigenvalue weighted by atomic mass is 32.2. The molecule has 2 aromatic rings. The lowest BCUT2D eigenvalue weighted by Crippen LogP contribution is -2.37. The van der Waals surface area contributed by atoms with Crippen molar-refractivity contribution in [3.8, 4) is 0 Å². The molecule has 9 nitrogen and oxygen atoms in total. The number of piperidine rings is 1. The number of esters is 1. The number of hydrogen-bond acceptors (Lipinski definition) is 6. The molecule has 33 heavy (non-hydrogen) atoms. The minimum atomic E-state index is -4.14. The van der Waals surface area contributed by atoms with E-state index in [-0.39, 0.29) is 24.3 Å². The number of sulfonamides is 1. The third-order valence-electron chi connectivity index (χ3n) is 4.81. The van der Waals surface area contributed by atoms with Crippen molar-refractivity contribution < 1.29 is 36.3 Å². The van der Waals surface area contributed by atoms with E-state index < -0.39 is 51.1 Å². The number of amides is 3. The number of benzene rings is 2. The Morgan fingerprint density at radius 1 is 0.970 bits per heavy atom. The minimum Gasteiger partial charge on any atom is -0.452 e. The van der Waals surface area contributed by atoms with Crippen LogP contribution >= 0.6 is 0 Å². The van der Waals surface area contributed by atoms with Crippen LogP contribution in [0.4, 0.5) is 19.3 Å². The summed E-state index contributed by atoms with van der Waals surface area (Å²) < 4.78 is 59.2. The molecule has 0 unspecified atom stereocenters. The van der Waals surface area contributed by atoms with Crippen LogP contribution in [-0.2, 0) is 19.6 Å². The van der Waals surface area contributed by atoms with Gasteiger partial charge in [-0.25, -0.2) is 26.8 Å². The lowest BCUT2D eigenvalue weighted by Gasteiger charge is -2.26. The Labute approximate surface area is 188 Å². The molecular weight excluding hydrogens is 460 g/mol. The first-order chi connectivity index (χ1) is 15.7. The minimum absolute atomic E-state index is 0.159. The molecule has 1 heterocycles. The van der Waals surface area contributed by atoms with E-state index in [0.717, 1.165) is 35.0 Å². The quantitative estimate of drug-likeness (QED) is 0.612. The summed E-state index contributed by atoms with van der Waals surface area (Å²) in [4.78, 5) is 35.2. The summed E-state index contributed by atoms with van der Waals surface area (Å²) in [5.41, 5.74) is -0.441. The number of imide groups is 1. The fraction of sp³-hybridized carbons (Fsp3) is 0.286. The molecule has 0 radical (unpaired) electrons. The molecule has 1 aliphatic heterocycles. The highest BCUT2D eigenvalue weighted by Gasteiger charge is 2.29. The Morgan fingerprint density at radius 2 is 1.67 bits per heavy atom. The third kappa shape index (κ3) is 6.11. The Morgan fingerprint density at radius 3 is 2.36 bits per heavy atom. The maximum atomic E-state index is 14.3. The molecule has 0 spiro atoms. The predicted molar refractivity (Wildman–Crippen MR) is 113 cm³/mol. The fourth-order valence-corrected chi connectivity index (χ4v) is 4.77. The summed E-state index contributed by atoms with van der Waals surface area (Å²) in [7, 11) is -4.14. The molecule has 12 heteroatoms. The smallest absolute Gasteiger partial charge is 0.338 e. The van der Waals surface area contributed by atoms with E-state index in [9.17, 15) is 31.6 Å². The van der Waals surface area contributed by atoms with Crippen LogP contribution in [0.15, 0.2) is 47.4 Å². The van der Waals surface area contributed by atoms with Crippen LogP contribution in [0, 0.1) is 11.6 Å². The van der Waals surface area contributed by atoms with Crippen molar-refractivity contribution in [2.75, 3.05) is 25.0 Å². The normalized spacial score (nSPS) is 14.4. The van der Waals surface area contributed by atoms with Crippen molar-refractivity contribution in [2.45, 2.75) is 24.2 Å². The second-order valence-corrected chi connectivity index (χ2v) is 9.07. The van der Waals surface area contributed by atoms with Gasteiger partial charge >= 0.3 is 12.0 Å². The molecule has 0 aliphatic carbocycles. The van der Waals surface area contributed by atoms with E-state index in [1.807, 2.05) is 5.32 Å². The number of rotatable bonds is 6. The molecule has 176 valence electrons. The number of hydrogen-bond donors (Lipinski definition) is 2. The molecule has 2 N–H and O–H groups in total. The van der Waals surface area contributed by atoms with Crippen molar-refractivity contribution in [2.24, 2.45) is 0 Å². The zero-order chi connectivity index (χ0) is 24.0. The van der Waals surface area contributed by atoms with Crippen molar-refractivity contribution >= 4 is 33.6 Å². The van der Waals surface area contributed by atoms with Crippen LogP contribution in [-0.4, -0.2) is 50.3 Å². The molecule has 2 aromatic carbocycles. The van der Waals surface area contributed by atoms with Gasteiger partial charge in [0, 0.05) is 13.1 Å². The monoisotopic (exact) mass is 481 g/mol. The van der Waals surface area contributed by atoms with Crippen molar-refractivity contribution in [3.05, 3.63) is 59.7 Å². The lowest BCUT2D eigenvalue weighted by atomic mass is 10.2. The average molecular weight is 481 g/mol. The van der Waals surface area contributed by atoms with Gasteiger partial charge in [0.15, 0.2) is 6.61 Å². The Balaban J connectivity index is 1.60. The van der Waals surface area contributed by atoms with E-state index in [2.05, 4.69) is 5.32 Å². The molecule has 0 aromatic heterocycles. The molecule has 0 bridgehead atoms. The Hall–Kier alpha value is -3.38. The van der Waals surface area contributed by atoms with Gasteiger partial charge in [-0.2, -0.15) is 4.31 Å². The summed E-state index contributed by atoms with van der Waals surface area (Å²) in [6.07, 6.45) is 2.19. The van der Waals surface area contributed by atoms with Gasteiger partial charge in [-0.1, -0.05) is 18.6 Å². The summed E-state index contributed by atoms with van der Waals surface area (Å²) in [6, 6.07) is 6.95.